The summed E-state index contributed by atoms with van der Waals surface area (Å²) in [5, 5.41) is 14.2. The van der Waals surface area contributed by atoms with Crippen LogP contribution in [0.1, 0.15) is 45.1 Å². The molecule has 9 nitrogen and oxygen atoms in total. The maximum absolute atomic E-state index is 10.5. The molecule has 2 rings (SSSR count). The van der Waals surface area contributed by atoms with E-state index in [0.29, 0.717) is 19.8 Å². The van der Waals surface area contributed by atoms with Crippen molar-refractivity contribution < 1.29 is 28.8 Å². The smallest absolute Gasteiger partial charge is 0.166 e. The molecule has 0 amide bonds. The first-order valence-corrected chi connectivity index (χ1v) is 11.0. The number of azide groups is 1. The van der Waals surface area contributed by atoms with Crippen LogP contribution >= 0.6 is 0 Å². The quantitative estimate of drug-likeness (QED) is 0.204. The Balaban J connectivity index is 2.07. The molecule has 0 spiro atoms. The van der Waals surface area contributed by atoms with Crippen LogP contribution in [0.3, 0.4) is 0 Å². The van der Waals surface area contributed by atoms with Crippen molar-refractivity contribution in [3.8, 4) is 5.75 Å². The molecule has 4 unspecified atom stereocenters. The Morgan fingerprint density at radius 1 is 1.06 bits per heavy atom. The molecule has 1 aliphatic heterocycles. The van der Waals surface area contributed by atoms with Gasteiger partial charge in [-0.3, -0.25) is 0 Å². The largest absolute Gasteiger partial charge is 0.497 e. The van der Waals surface area contributed by atoms with Crippen LogP contribution in [0.15, 0.2) is 29.4 Å². The molecular weight excluding hydrogens is 402 g/mol. The Morgan fingerprint density at radius 2 is 1.71 bits per heavy atom. The molecule has 1 N–H and O–H groups in total. The predicted molar refractivity (Wildman–Crippen MR) is 116 cm³/mol. The highest BCUT2D eigenvalue weighted by molar-refractivity contribution is 5.26. The van der Waals surface area contributed by atoms with Crippen LogP contribution in [0, 0.1) is 0 Å². The predicted octanol–water partition coefficient (Wildman–Crippen LogP) is 3.98. The van der Waals surface area contributed by atoms with Crippen LogP contribution in [0.2, 0.25) is 0 Å². The average molecular weight is 438 g/mol. The first-order valence-electron chi connectivity index (χ1n) is 11.0. The lowest BCUT2D eigenvalue weighted by molar-refractivity contribution is -0.269. The van der Waals surface area contributed by atoms with Crippen molar-refractivity contribution in [1.82, 2.24) is 0 Å². The second kappa shape index (κ2) is 14.2. The average Bonchev–Trinajstić information content (AvgIpc) is 2.78. The van der Waals surface area contributed by atoms with E-state index in [-0.39, 0.29) is 6.61 Å². The second-order valence-corrected chi connectivity index (χ2v) is 7.50. The summed E-state index contributed by atoms with van der Waals surface area (Å²) in [6, 6.07) is 6.72. The molecule has 174 valence electrons. The van der Waals surface area contributed by atoms with Gasteiger partial charge in [0.25, 0.3) is 0 Å². The number of methoxy groups -OCH3 is 1. The highest BCUT2D eigenvalue weighted by Gasteiger charge is 2.46. The Labute approximate surface area is 184 Å². The molecule has 0 aromatic heterocycles. The molecule has 31 heavy (non-hydrogen) atoms. The van der Waals surface area contributed by atoms with Gasteiger partial charge in [-0.15, -0.1) is 0 Å². The molecule has 1 heterocycles. The molecule has 1 fully saturated rings. The minimum atomic E-state index is -1.29. The zero-order valence-electron chi connectivity index (χ0n) is 18.7. The summed E-state index contributed by atoms with van der Waals surface area (Å²) in [7, 11) is 1.62. The van der Waals surface area contributed by atoms with Crippen molar-refractivity contribution in [3.63, 3.8) is 0 Å². The van der Waals surface area contributed by atoms with Gasteiger partial charge in [-0.05, 0) is 36.1 Å². The number of hydrogen-bond acceptors (Lipinski definition) is 7. The van der Waals surface area contributed by atoms with E-state index in [1.807, 2.05) is 24.3 Å². The van der Waals surface area contributed by atoms with Gasteiger partial charge in [-0.1, -0.05) is 43.9 Å². The van der Waals surface area contributed by atoms with Crippen molar-refractivity contribution in [2.24, 2.45) is 5.11 Å². The molecule has 1 saturated heterocycles. The molecule has 9 heteroatoms. The zero-order chi connectivity index (χ0) is 22.5. The van der Waals surface area contributed by atoms with Crippen molar-refractivity contribution in [1.29, 1.82) is 0 Å². The first-order chi connectivity index (χ1) is 15.1. The highest BCUT2D eigenvalue weighted by atomic mass is 16.7. The number of benzene rings is 1. The topological polar surface area (TPSA) is 115 Å². The number of ether oxygens (including phenoxy) is 5. The first kappa shape index (κ1) is 25.4. The van der Waals surface area contributed by atoms with Gasteiger partial charge in [-0.2, -0.15) is 0 Å². The number of rotatable bonds is 14. The monoisotopic (exact) mass is 437 g/mol. The van der Waals surface area contributed by atoms with Gasteiger partial charge in [0.15, 0.2) is 6.29 Å². The van der Waals surface area contributed by atoms with Gasteiger partial charge >= 0.3 is 0 Å². The summed E-state index contributed by atoms with van der Waals surface area (Å²) in [6.07, 6.45) is 0.716. The van der Waals surface area contributed by atoms with E-state index < -0.39 is 30.6 Å². The summed E-state index contributed by atoms with van der Waals surface area (Å²) in [6.45, 7) is 5.74. The highest BCUT2D eigenvalue weighted by Crippen LogP contribution is 2.28. The van der Waals surface area contributed by atoms with Gasteiger partial charge in [-0.25, -0.2) is 0 Å². The van der Waals surface area contributed by atoms with Crippen LogP contribution in [-0.2, 0) is 25.6 Å². The number of aliphatic hydroxyl groups excluding tert-OH is 1. The third-order valence-corrected chi connectivity index (χ3v) is 5.14. The normalized spacial score (nSPS) is 25.7. The van der Waals surface area contributed by atoms with Gasteiger partial charge in [0.2, 0.25) is 0 Å². The van der Waals surface area contributed by atoms with Gasteiger partial charge in [0, 0.05) is 18.1 Å². The van der Waals surface area contributed by atoms with Gasteiger partial charge in [0.05, 0.1) is 26.4 Å². The standard InChI is InChI=1S/C22H35N3O6/c1-4-6-12-29-20-18(15-28-14-16-8-10-17(27-3)11-9-16)31-22(26)19(24-25-23)21(20)30-13-7-5-2/h8-11,18-22,26H,4-7,12-15H2,1-3H3/t18?,19?,20-,21?,22?/m1/s1. The van der Waals surface area contributed by atoms with E-state index >= 15 is 0 Å². The fourth-order valence-electron chi connectivity index (χ4n) is 3.36. The summed E-state index contributed by atoms with van der Waals surface area (Å²) in [5.74, 6) is 0.781. The van der Waals surface area contributed by atoms with E-state index in [1.54, 1.807) is 7.11 Å². The van der Waals surface area contributed by atoms with E-state index in [4.69, 9.17) is 29.2 Å². The Bertz CT molecular complexity index is 668. The SMILES string of the molecule is CCCCOC1C(N=[N+]=[N-])C(O)OC(COCc2ccc(OC)cc2)[C@H]1OCCCC. The van der Waals surface area contributed by atoms with Crippen LogP contribution in [0.5, 0.6) is 5.75 Å². The maximum Gasteiger partial charge on any atom is 0.166 e. The number of unbranched alkanes of at least 4 members (excludes halogenated alkanes) is 2. The van der Waals surface area contributed by atoms with Crippen LogP contribution in [0.4, 0.5) is 0 Å². The number of aliphatic hydroxyl groups is 1. The summed E-state index contributed by atoms with van der Waals surface area (Å²) in [4.78, 5) is 2.87. The minimum Gasteiger partial charge on any atom is -0.497 e. The molecule has 0 bridgehead atoms. The minimum absolute atomic E-state index is 0.205. The van der Waals surface area contributed by atoms with Gasteiger partial charge < -0.3 is 28.8 Å². The Kier molecular flexibility index (Phi) is 11.7. The Morgan fingerprint density at radius 3 is 2.29 bits per heavy atom. The molecule has 5 atom stereocenters. The van der Waals surface area contributed by atoms with E-state index in [0.717, 1.165) is 37.0 Å². The molecule has 1 aromatic rings. The van der Waals surface area contributed by atoms with E-state index in [9.17, 15) is 5.11 Å². The fourth-order valence-corrected chi connectivity index (χ4v) is 3.36. The zero-order valence-corrected chi connectivity index (χ0v) is 18.7. The van der Waals surface area contributed by atoms with Crippen LogP contribution < -0.4 is 4.74 Å². The van der Waals surface area contributed by atoms with Crippen molar-refractivity contribution in [3.05, 3.63) is 40.3 Å². The lowest BCUT2D eigenvalue weighted by Crippen LogP contribution is -2.60. The molecule has 1 aromatic carbocycles. The third-order valence-electron chi connectivity index (χ3n) is 5.14. The lowest BCUT2D eigenvalue weighted by Gasteiger charge is -2.43. The van der Waals surface area contributed by atoms with E-state index in [2.05, 4.69) is 23.9 Å². The van der Waals surface area contributed by atoms with Crippen LogP contribution in [-0.4, -0.2) is 62.7 Å². The second-order valence-electron chi connectivity index (χ2n) is 7.50. The van der Waals surface area contributed by atoms with Crippen molar-refractivity contribution in [2.75, 3.05) is 26.9 Å². The fraction of sp³-hybridized carbons (Fsp3) is 0.727. The molecule has 0 saturated carbocycles. The van der Waals surface area contributed by atoms with Crippen molar-refractivity contribution >= 4 is 0 Å². The Hall–Kier alpha value is -1.87. The molecule has 0 aliphatic carbocycles. The molecular formula is C22H35N3O6. The third kappa shape index (κ3) is 7.96. The maximum atomic E-state index is 10.5. The summed E-state index contributed by atoms with van der Waals surface area (Å²) >= 11 is 0. The van der Waals surface area contributed by atoms with Gasteiger partial charge in [0.1, 0.15) is 24.0 Å². The number of nitrogens with zero attached hydrogens (tertiary/aromatic N) is 3. The summed E-state index contributed by atoms with van der Waals surface area (Å²) < 4.78 is 28.9. The molecule has 0 radical (unpaired) electrons. The van der Waals surface area contributed by atoms with Crippen LogP contribution in [0.25, 0.3) is 10.4 Å². The molecule has 1 aliphatic rings. The van der Waals surface area contributed by atoms with E-state index in [1.165, 1.54) is 0 Å². The van der Waals surface area contributed by atoms with Crippen molar-refractivity contribution in [2.45, 2.75) is 76.8 Å². The summed E-state index contributed by atoms with van der Waals surface area (Å²) in [5.41, 5.74) is 9.95. The lowest BCUT2D eigenvalue weighted by atomic mass is 9.97. The number of hydrogen-bond donors (Lipinski definition) is 1.